The lowest BCUT2D eigenvalue weighted by atomic mass is 10.1. The summed E-state index contributed by atoms with van der Waals surface area (Å²) in [7, 11) is -3.49. The Morgan fingerprint density at radius 1 is 1.17 bits per heavy atom. The standard InChI is InChI=1S/C17H22FN3O2S/c1-4-21(5-2)24(22,23)15-7-9-17(20-12-15)19-11-14-6-8-16(18)13(3)10-14/h6-10,12H,4-5,11H2,1-3H3,(H,19,20). The highest BCUT2D eigenvalue weighted by molar-refractivity contribution is 7.89. The van der Waals surface area contributed by atoms with Gasteiger partial charge in [-0.05, 0) is 36.2 Å². The second kappa shape index (κ2) is 7.72. The summed E-state index contributed by atoms with van der Waals surface area (Å²) in [4.78, 5) is 4.34. The van der Waals surface area contributed by atoms with Gasteiger partial charge in [0.15, 0.2) is 0 Å². The fourth-order valence-corrected chi connectivity index (χ4v) is 3.76. The zero-order valence-corrected chi connectivity index (χ0v) is 14.9. The Kier molecular flexibility index (Phi) is 5.90. The molecule has 5 nitrogen and oxygen atoms in total. The molecule has 130 valence electrons. The molecule has 0 aliphatic rings. The fraction of sp³-hybridized carbons (Fsp3) is 0.353. The molecule has 7 heteroatoms. The van der Waals surface area contributed by atoms with E-state index in [1.807, 2.05) is 0 Å². The van der Waals surface area contributed by atoms with Crippen LogP contribution in [0.5, 0.6) is 0 Å². The van der Waals surface area contributed by atoms with E-state index in [0.29, 0.717) is 31.0 Å². The minimum atomic E-state index is -3.49. The average molecular weight is 351 g/mol. The van der Waals surface area contributed by atoms with Crippen molar-refractivity contribution in [3.05, 3.63) is 53.5 Å². The van der Waals surface area contributed by atoms with E-state index >= 15 is 0 Å². The van der Waals surface area contributed by atoms with Crippen LogP contribution in [0.3, 0.4) is 0 Å². The second-order valence-electron chi connectivity index (χ2n) is 5.41. The summed E-state index contributed by atoms with van der Waals surface area (Å²) >= 11 is 0. The highest BCUT2D eigenvalue weighted by atomic mass is 32.2. The maximum absolute atomic E-state index is 13.2. The summed E-state index contributed by atoms with van der Waals surface area (Å²) in [6.45, 7) is 6.63. The zero-order valence-electron chi connectivity index (χ0n) is 14.1. The third-order valence-electron chi connectivity index (χ3n) is 3.78. The lowest BCUT2D eigenvalue weighted by molar-refractivity contribution is 0.445. The number of nitrogens with zero attached hydrogens (tertiary/aromatic N) is 2. The summed E-state index contributed by atoms with van der Waals surface area (Å²) in [5.41, 5.74) is 1.51. The first-order valence-corrected chi connectivity index (χ1v) is 9.27. The zero-order chi connectivity index (χ0) is 17.7. The van der Waals surface area contributed by atoms with Crippen LogP contribution in [-0.2, 0) is 16.6 Å². The molecule has 24 heavy (non-hydrogen) atoms. The van der Waals surface area contributed by atoms with Crippen molar-refractivity contribution in [1.82, 2.24) is 9.29 Å². The molecule has 0 amide bonds. The van der Waals surface area contributed by atoms with E-state index in [1.54, 1.807) is 45.0 Å². The van der Waals surface area contributed by atoms with Crippen LogP contribution in [-0.4, -0.2) is 30.8 Å². The Labute approximate surface area is 142 Å². The third-order valence-corrected chi connectivity index (χ3v) is 5.81. The Bertz CT molecular complexity index is 788. The van der Waals surface area contributed by atoms with Gasteiger partial charge in [0.1, 0.15) is 16.5 Å². The number of anilines is 1. The SMILES string of the molecule is CCN(CC)S(=O)(=O)c1ccc(NCc2ccc(F)c(C)c2)nc1. The highest BCUT2D eigenvalue weighted by Gasteiger charge is 2.21. The highest BCUT2D eigenvalue weighted by Crippen LogP contribution is 2.17. The molecule has 0 spiro atoms. The summed E-state index contributed by atoms with van der Waals surface area (Å²) in [5, 5.41) is 3.10. The monoisotopic (exact) mass is 351 g/mol. The van der Waals surface area contributed by atoms with Gasteiger partial charge in [0.25, 0.3) is 0 Å². The Morgan fingerprint density at radius 3 is 2.42 bits per heavy atom. The van der Waals surface area contributed by atoms with Gasteiger partial charge < -0.3 is 5.32 Å². The van der Waals surface area contributed by atoms with Crippen molar-refractivity contribution in [2.45, 2.75) is 32.2 Å². The number of hydrogen-bond acceptors (Lipinski definition) is 4. The lowest BCUT2D eigenvalue weighted by Crippen LogP contribution is -2.30. The first kappa shape index (κ1) is 18.4. The molecule has 1 aromatic heterocycles. The third kappa shape index (κ3) is 4.10. The molecule has 0 saturated heterocycles. The van der Waals surface area contributed by atoms with Crippen molar-refractivity contribution >= 4 is 15.8 Å². The van der Waals surface area contributed by atoms with Gasteiger partial charge in [-0.1, -0.05) is 26.0 Å². The van der Waals surface area contributed by atoms with Gasteiger partial charge in [0.2, 0.25) is 10.0 Å². The predicted octanol–water partition coefficient (Wildman–Crippen LogP) is 3.17. The second-order valence-corrected chi connectivity index (χ2v) is 7.34. The van der Waals surface area contributed by atoms with Crippen LogP contribution >= 0.6 is 0 Å². The van der Waals surface area contributed by atoms with Crippen molar-refractivity contribution in [3.63, 3.8) is 0 Å². The Hall–Kier alpha value is -1.99. The molecule has 1 aromatic carbocycles. The van der Waals surface area contributed by atoms with Crippen LogP contribution < -0.4 is 5.32 Å². The number of rotatable bonds is 7. The number of aryl methyl sites for hydroxylation is 1. The molecule has 1 N–H and O–H groups in total. The minimum Gasteiger partial charge on any atom is -0.366 e. The fourth-order valence-electron chi connectivity index (χ4n) is 2.36. The van der Waals surface area contributed by atoms with Gasteiger partial charge in [0, 0.05) is 25.8 Å². The molecule has 0 aliphatic carbocycles. The molecule has 2 aromatic rings. The molecule has 0 unspecified atom stereocenters. The quantitative estimate of drug-likeness (QED) is 0.832. The first-order chi connectivity index (χ1) is 11.4. The molecule has 0 radical (unpaired) electrons. The van der Waals surface area contributed by atoms with Gasteiger partial charge in [-0.25, -0.2) is 17.8 Å². The number of hydrogen-bond donors (Lipinski definition) is 1. The summed E-state index contributed by atoms with van der Waals surface area (Å²) in [6.07, 6.45) is 1.35. The number of halogens is 1. The van der Waals surface area contributed by atoms with Gasteiger partial charge >= 0.3 is 0 Å². The summed E-state index contributed by atoms with van der Waals surface area (Å²) < 4.78 is 39.4. The van der Waals surface area contributed by atoms with Crippen LogP contribution in [0, 0.1) is 12.7 Å². The van der Waals surface area contributed by atoms with Crippen LogP contribution in [0.25, 0.3) is 0 Å². The van der Waals surface area contributed by atoms with Crippen molar-refractivity contribution < 1.29 is 12.8 Å². The van der Waals surface area contributed by atoms with E-state index in [9.17, 15) is 12.8 Å². The van der Waals surface area contributed by atoms with Crippen molar-refractivity contribution in [2.75, 3.05) is 18.4 Å². The lowest BCUT2D eigenvalue weighted by Gasteiger charge is -2.18. The largest absolute Gasteiger partial charge is 0.366 e. The van der Waals surface area contributed by atoms with Gasteiger partial charge in [-0.2, -0.15) is 4.31 Å². The first-order valence-electron chi connectivity index (χ1n) is 7.83. The number of benzene rings is 1. The minimum absolute atomic E-state index is 0.175. The summed E-state index contributed by atoms with van der Waals surface area (Å²) in [6, 6.07) is 8.07. The molecule has 0 fully saturated rings. The molecular formula is C17H22FN3O2S. The number of pyridine rings is 1. The van der Waals surface area contributed by atoms with Gasteiger partial charge in [-0.15, -0.1) is 0 Å². The predicted molar refractivity (Wildman–Crippen MR) is 92.8 cm³/mol. The number of sulfonamides is 1. The number of nitrogens with one attached hydrogen (secondary N) is 1. The molecular weight excluding hydrogens is 329 g/mol. The van der Waals surface area contributed by atoms with Crippen molar-refractivity contribution in [2.24, 2.45) is 0 Å². The topological polar surface area (TPSA) is 62.3 Å². The van der Waals surface area contributed by atoms with Gasteiger partial charge in [-0.3, -0.25) is 0 Å². The number of aromatic nitrogens is 1. The molecule has 0 atom stereocenters. The maximum Gasteiger partial charge on any atom is 0.244 e. The summed E-state index contributed by atoms with van der Waals surface area (Å²) in [5.74, 6) is 0.332. The Balaban J connectivity index is 2.08. The molecule has 0 aliphatic heterocycles. The maximum atomic E-state index is 13.2. The molecule has 0 bridgehead atoms. The normalized spacial score (nSPS) is 11.7. The smallest absolute Gasteiger partial charge is 0.244 e. The Morgan fingerprint density at radius 2 is 1.88 bits per heavy atom. The van der Waals surface area contributed by atoms with Crippen molar-refractivity contribution in [1.29, 1.82) is 0 Å². The van der Waals surface area contributed by atoms with Gasteiger partial charge in [0.05, 0.1) is 0 Å². The van der Waals surface area contributed by atoms with Crippen molar-refractivity contribution in [3.8, 4) is 0 Å². The van der Waals surface area contributed by atoms with Crippen LogP contribution in [0.1, 0.15) is 25.0 Å². The van der Waals surface area contributed by atoms with E-state index in [-0.39, 0.29) is 10.7 Å². The van der Waals surface area contributed by atoms with Crippen LogP contribution in [0.15, 0.2) is 41.4 Å². The van der Waals surface area contributed by atoms with E-state index in [2.05, 4.69) is 10.3 Å². The molecule has 2 rings (SSSR count). The van der Waals surface area contributed by atoms with E-state index in [0.717, 1.165) is 5.56 Å². The molecule has 0 saturated carbocycles. The van der Waals surface area contributed by atoms with Crippen LogP contribution in [0.4, 0.5) is 10.2 Å². The average Bonchev–Trinajstić information content (AvgIpc) is 2.57. The molecule has 1 heterocycles. The van der Waals surface area contributed by atoms with Crippen LogP contribution in [0.2, 0.25) is 0 Å². The van der Waals surface area contributed by atoms with E-state index in [1.165, 1.54) is 16.6 Å². The van der Waals surface area contributed by atoms with E-state index < -0.39 is 10.0 Å². The van der Waals surface area contributed by atoms with E-state index in [4.69, 9.17) is 0 Å².